The van der Waals surface area contributed by atoms with E-state index < -0.39 is 0 Å². The summed E-state index contributed by atoms with van der Waals surface area (Å²) in [6.45, 7) is 19.3. The summed E-state index contributed by atoms with van der Waals surface area (Å²) in [6.07, 6.45) is 15.0. The zero-order valence-electron chi connectivity index (χ0n) is 26.4. The van der Waals surface area contributed by atoms with E-state index >= 15 is 0 Å². The summed E-state index contributed by atoms with van der Waals surface area (Å²) in [6, 6.07) is 9.03. The fourth-order valence-electron chi connectivity index (χ4n) is 4.67. The number of aromatic nitrogens is 3. The van der Waals surface area contributed by atoms with E-state index in [0.717, 1.165) is 73.9 Å². The van der Waals surface area contributed by atoms with Gasteiger partial charge in [-0.05, 0) is 43.4 Å². The normalized spacial score (nSPS) is 11.5. The van der Waals surface area contributed by atoms with E-state index in [2.05, 4.69) is 65.1 Å². The molecule has 2 heterocycles. The number of anilines is 1. The van der Waals surface area contributed by atoms with Crippen molar-refractivity contribution in [3.63, 3.8) is 0 Å². The number of imidazole rings is 1. The van der Waals surface area contributed by atoms with Crippen LogP contribution in [0.4, 0.5) is 5.82 Å². The molecule has 0 saturated heterocycles. The summed E-state index contributed by atoms with van der Waals surface area (Å²) in [5.74, 6) is 1.66. The summed E-state index contributed by atoms with van der Waals surface area (Å²) in [5, 5.41) is 5.79. The molecule has 5 nitrogen and oxygen atoms in total. The smallest absolute Gasteiger partial charge is 0.152 e. The summed E-state index contributed by atoms with van der Waals surface area (Å²) < 4.78 is 2.39. The summed E-state index contributed by atoms with van der Waals surface area (Å²) in [7, 11) is 0. The third kappa shape index (κ3) is 10.1. The van der Waals surface area contributed by atoms with Gasteiger partial charge in [0.15, 0.2) is 5.82 Å². The first-order chi connectivity index (χ1) is 19.2. The predicted octanol–water partition coefficient (Wildman–Crippen LogP) is 7.51. The number of unbranched alkanes of at least 4 members (excludes halogenated alkanes) is 4. The van der Waals surface area contributed by atoms with Gasteiger partial charge in [-0.3, -0.25) is 0 Å². The van der Waals surface area contributed by atoms with Crippen LogP contribution in [0.2, 0.25) is 0 Å². The quantitative estimate of drug-likeness (QED) is 0.236. The van der Waals surface area contributed by atoms with Crippen LogP contribution in [0.3, 0.4) is 0 Å². The topological polar surface area (TPSA) is 68.8 Å². The van der Waals surface area contributed by atoms with Gasteiger partial charge >= 0.3 is 0 Å². The lowest BCUT2D eigenvalue weighted by Crippen LogP contribution is -2.33. The lowest BCUT2D eigenvalue weighted by molar-refractivity contribution is 0.598. The van der Waals surface area contributed by atoms with Crippen molar-refractivity contribution in [2.75, 3.05) is 12.3 Å². The Morgan fingerprint density at radius 3 is 2.10 bits per heavy atom. The molecule has 4 rings (SSSR count). The molecule has 0 amide bonds. The molecule has 0 unspecified atom stereocenters. The maximum atomic E-state index is 6.36. The fraction of sp³-hybridized carbons (Fsp3) is 0.588. The molecule has 0 bridgehead atoms. The highest BCUT2D eigenvalue weighted by molar-refractivity contribution is 5.86. The molecule has 5 heteroatoms. The first kappa shape index (κ1) is 34.4. The third-order valence-electron chi connectivity index (χ3n) is 6.57. The highest BCUT2D eigenvalue weighted by Crippen LogP contribution is 2.20. The molecule has 0 spiro atoms. The van der Waals surface area contributed by atoms with Crippen molar-refractivity contribution in [2.24, 2.45) is 0 Å². The molecular weight excluding hydrogens is 478 g/mol. The van der Waals surface area contributed by atoms with Crippen LogP contribution in [0.25, 0.3) is 23.2 Å². The van der Waals surface area contributed by atoms with Gasteiger partial charge in [0.05, 0.1) is 10.9 Å². The van der Waals surface area contributed by atoms with Crippen LogP contribution in [-0.2, 0) is 19.5 Å². The second-order valence-electron chi connectivity index (χ2n) is 9.25. The number of fused-ring (bicyclic) bond motifs is 3. The molecule has 2 aromatic heterocycles. The molecule has 39 heavy (non-hydrogen) atoms. The van der Waals surface area contributed by atoms with Crippen LogP contribution in [0.15, 0.2) is 24.3 Å². The maximum absolute atomic E-state index is 6.36. The Labute approximate surface area is 239 Å². The average molecular weight is 536 g/mol. The first-order valence-electron chi connectivity index (χ1n) is 15.8. The minimum absolute atomic E-state index is 0.548. The molecule has 0 atom stereocenters. The van der Waals surface area contributed by atoms with E-state index in [1.807, 2.05) is 41.5 Å². The number of nitrogens with two attached hydrogens (primary N) is 1. The second kappa shape index (κ2) is 20.3. The van der Waals surface area contributed by atoms with Crippen LogP contribution in [0, 0.1) is 0 Å². The largest absolute Gasteiger partial charge is 0.382 e. The predicted molar refractivity (Wildman–Crippen MR) is 173 cm³/mol. The van der Waals surface area contributed by atoms with E-state index in [0.29, 0.717) is 5.82 Å². The minimum atomic E-state index is 0.548. The minimum Gasteiger partial charge on any atom is -0.382 e. The fourth-order valence-corrected chi connectivity index (χ4v) is 4.67. The molecule has 1 aliphatic carbocycles. The van der Waals surface area contributed by atoms with Crippen LogP contribution in [0.5, 0.6) is 0 Å². The number of benzene rings is 1. The Kier molecular flexibility index (Phi) is 17.9. The maximum Gasteiger partial charge on any atom is 0.152 e. The highest BCUT2D eigenvalue weighted by atomic mass is 15.1. The van der Waals surface area contributed by atoms with Gasteiger partial charge in [0, 0.05) is 24.7 Å². The number of pyridine rings is 1. The molecule has 0 aliphatic heterocycles. The molecule has 0 saturated carbocycles. The van der Waals surface area contributed by atoms with Crippen LogP contribution in [-0.4, -0.2) is 21.1 Å². The Hall–Kier alpha value is -2.66. The molecule has 1 aromatic carbocycles. The number of hydrogen-bond donors (Lipinski definition) is 2. The standard InChI is InChI=1S/C28H39N5.3C2H6/c1-3-5-7-10-18-30-19-21-14-16-22(17-15-21)20-33-25(13-6-4-2)32-26-27(33)23-11-8-9-12-24(23)31-28(26)29;3*1-2/h11-12,14-17,30H,3-10,13,18-20H2,1-2H3,(H2,29,31);3*1-2H3. The first-order valence-corrected chi connectivity index (χ1v) is 15.8. The Morgan fingerprint density at radius 1 is 0.795 bits per heavy atom. The molecule has 0 radical (unpaired) electrons. The average Bonchev–Trinajstić information content (AvgIpc) is 3.36. The van der Waals surface area contributed by atoms with Gasteiger partial charge in [-0.2, -0.15) is 0 Å². The number of nitrogens with zero attached hydrogens (tertiary/aromatic N) is 3. The van der Waals surface area contributed by atoms with E-state index in [-0.39, 0.29) is 0 Å². The second-order valence-corrected chi connectivity index (χ2v) is 9.25. The van der Waals surface area contributed by atoms with Crippen molar-refractivity contribution in [3.05, 3.63) is 51.8 Å². The number of hydrogen-bond acceptors (Lipinski definition) is 4. The lowest BCUT2D eigenvalue weighted by Gasteiger charge is -2.12. The lowest BCUT2D eigenvalue weighted by atomic mass is 10.1. The summed E-state index contributed by atoms with van der Waals surface area (Å²) in [5.41, 5.74) is 11.0. The van der Waals surface area contributed by atoms with Gasteiger partial charge in [-0.25, -0.2) is 9.97 Å². The number of nitrogen functional groups attached to an aromatic ring is 1. The Balaban J connectivity index is 0.00000119. The summed E-state index contributed by atoms with van der Waals surface area (Å²) >= 11 is 0. The number of rotatable bonds is 12. The summed E-state index contributed by atoms with van der Waals surface area (Å²) in [4.78, 5) is 9.63. The number of aryl methyl sites for hydroxylation is 1. The van der Waals surface area contributed by atoms with Crippen molar-refractivity contribution >= 4 is 29.0 Å². The number of nitrogens with one attached hydrogen (secondary N) is 1. The monoisotopic (exact) mass is 535 g/mol. The Morgan fingerprint density at radius 2 is 1.44 bits per heavy atom. The van der Waals surface area contributed by atoms with Gasteiger partial charge in [0.1, 0.15) is 11.3 Å². The van der Waals surface area contributed by atoms with Gasteiger partial charge in [0.2, 0.25) is 0 Å². The van der Waals surface area contributed by atoms with E-state index in [4.69, 9.17) is 10.7 Å². The van der Waals surface area contributed by atoms with Gasteiger partial charge in [0.25, 0.3) is 0 Å². The van der Waals surface area contributed by atoms with E-state index in [1.165, 1.54) is 42.0 Å². The van der Waals surface area contributed by atoms with Crippen molar-refractivity contribution in [1.82, 2.24) is 19.9 Å². The van der Waals surface area contributed by atoms with Gasteiger partial charge in [-0.15, -0.1) is 0 Å². The van der Waals surface area contributed by atoms with E-state index in [1.54, 1.807) is 0 Å². The van der Waals surface area contributed by atoms with Crippen molar-refractivity contribution < 1.29 is 0 Å². The molecule has 0 fully saturated rings. The van der Waals surface area contributed by atoms with Gasteiger partial charge in [-0.1, -0.05) is 117 Å². The molecule has 3 aromatic rings. The van der Waals surface area contributed by atoms with Crippen molar-refractivity contribution in [3.8, 4) is 0 Å². The van der Waals surface area contributed by atoms with Crippen LogP contribution >= 0.6 is 0 Å². The SMILES string of the molecule is CC.CC.CC.CCCCCCNCc1ccc(Cn2c(CCCC)nc3c(N)nc4c(c32)=CCCC=4)cc1. The molecule has 1 aliphatic rings. The van der Waals surface area contributed by atoms with Crippen molar-refractivity contribution in [2.45, 2.75) is 126 Å². The zero-order valence-corrected chi connectivity index (χ0v) is 26.4. The molecule has 3 N–H and O–H groups in total. The molecular formula is C34H57N5. The van der Waals surface area contributed by atoms with E-state index in [9.17, 15) is 0 Å². The Bertz CT molecular complexity index is 1180. The van der Waals surface area contributed by atoms with Crippen LogP contribution in [0.1, 0.15) is 124 Å². The molecule has 218 valence electrons. The zero-order chi connectivity index (χ0) is 29.0. The third-order valence-corrected chi connectivity index (χ3v) is 6.57. The van der Waals surface area contributed by atoms with Gasteiger partial charge < -0.3 is 15.6 Å². The van der Waals surface area contributed by atoms with Crippen LogP contribution < -0.4 is 21.6 Å². The highest BCUT2D eigenvalue weighted by Gasteiger charge is 2.17. The van der Waals surface area contributed by atoms with Crippen molar-refractivity contribution in [1.29, 1.82) is 0 Å².